The number of piperidine rings is 1. The average molecular weight is 118 g/mol. The number of halogens is 1. The third-order valence-electron chi connectivity index (χ3n) is 1.33. The van der Waals surface area contributed by atoms with Crippen molar-refractivity contribution in [2.24, 2.45) is 5.73 Å². The maximum absolute atomic E-state index is 12.3. The van der Waals surface area contributed by atoms with Crippen molar-refractivity contribution >= 4 is 0 Å². The lowest BCUT2D eigenvalue weighted by atomic mass is 10.1. The summed E-state index contributed by atoms with van der Waals surface area (Å²) in [5.41, 5.74) is 5.42. The Morgan fingerprint density at radius 3 is 2.62 bits per heavy atom. The Morgan fingerprint density at radius 1 is 1.50 bits per heavy atom. The first kappa shape index (κ1) is 5.98. The highest BCUT2D eigenvalue weighted by Crippen LogP contribution is 2.03. The van der Waals surface area contributed by atoms with Crippen molar-refractivity contribution in [1.82, 2.24) is 5.32 Å². The molecule has 48 valence electrons. The number of rotatable bonds is 0. The van der Waals surface area contributed by atoms with Gasteiger partial charge < -0.3 is 11.1 Å². The summed E-state index contributed by atoms with van der Waals surface area (Å²) < 4.78 is 12.3. The summed E-state index contributed by atoms with van der Waals surface area (Å²) in [4.78, 5) is 0. The van der Waals surface area contributed by atoms with Crippen LogP contribution in [0.5, 0.6) is 0 Å². The van der Waals surface area contributed by atoms with Crippen LogP contribution in [-0.2, 0) is 0 Å². The summed E-state index contributed by atoms with van der Waals surface area (Å²) in [5.74, 6) is 0. The van der Waals surface area contributed by atoms with Gasteiger partial charge >= 0.3 is 0 Å². The van der Waals surface area contributed by atoms with E-state index in [4.69, 9.17) is 5.73 Å². The van der Waals surface area contributed by atoms with Crippen LogP contribution in [0.1, 0.15) is 6.42 Å². The largest absolute Gasteiger partial charge is 0.326 e. The minimum absolute atomic E-state index is 0.0266. The molecule has 0 amide bonds. The molecule has 3 heteroatoms. The molecule has 1 aliphatic rings. The molecule has 0 aliphatic carbocycles. The zero-order valence-corrected chi connectivity index (χ0v) is 4.73. The molecule has 1 rings (SSSR count). The Balaban J connectivity index is 2.23. The molecule has 1 fully saturated rings. The van der Waals surface area contributed by atoms with E-state index in [1.54, 1.807) is 0 Å². The van der Waals surface area contributed by atoms with E-state index in [0.29, 0.717) is 13.0 Å². The summed E-state index contributed by atoms with van der Waals surface area (Å²) >= 11 is 0. The zero-order chi connectivity index (χ0) is 5.98. The topological polar surface area (TPSA) is 38.0 Å². The average Bonchev–Trinajstić information content (AvgIpc) is 1.64. The third kappa shape index (κ3) is 1.42. The smallest absolute Gasteiger partial charge is 0.114 e. The lowest BCUT2D eigenvalue weighted by molar-refractivity contribution is 0.248. The fourth-order valence-corrected chi connectivity index (χ4v) is 0.921. The van der Waals surface area contributed by atoms with E-state index in [9.17, 15) is 4.39 Å². The first-order chi connectivity index (χ1) is 3.79. The summed E-state index contributed by atoms with van der Waals surface area (Å²) in [6, 6.07) is 0.0266. The molecule has 2 nitrogen and oxygen atoms in total. The van der Waals surface area contributed by atoms with Gasteiger partial charge in [0.1, 0.15) is 6.17 Å². The summed E-state index contributed by atoms with van der Waals surface area (Å²) in [7, 11) is 0. The molecular formula is C5H11FN2. The molecule has 0 aromatic carbocycles. The highest BCUT2D eigenvalue weighted by Gasteiger charge is 2.16. The SMILES string of the molecule is N[C@H]1CNC[C@@H](F)C1. The van der Waals surface area contributed by atoms with E-state index < -0.39 is 6.17 Å². The molecule has 0 spiro atoms. The fourth-order valence-electron chi connectivity index (χ4n) is 0.921. The fraction of sp³-hybridized carbons (Fsp3) is 1.00. The molecule has 0 aromatic heterocycles. The third-order valence-corrected chi connectivity index (χ3v) is 1.33. The first-order valence-corrected chi connectivity index (χ1v) is 2.89. The molecule has 3 N–H and O–H groups in total. The van der Waals surface area contributed by atoms with Crippen LogP contribution in [0.25, 0.3) is 0 Å². The van der Waals surface area contributed by atoms with Gasteiger partial charge in [0.15, 0.2) is 0 Å². The zero-order valence-electron chi connectivity index (χ0n) is 4.73. The van der Waals surface area contributed by atoms with E-state index in [2.05, 4.69) is 5.32 Å². The van der Waals surface area contributed by atoms with Crippen molar-refractivity contribution in [3.8, 4) is 0 Å². The molecule has 2 atom stereocenters. The maximum atomic E-state index is 12.3. The van der Waals surface area contributed by atoms with E-state index in [-0.39, 0.29) is 6.04 Å². The van der Waals surface area contributed by atoms with Gasteiger partial charge in [-0.3, -0.25) is 0 Å². The minimum atomic E-state index is -0.723. The van der Waals surface area contributed by atoms with Crippen LogP contribution < -0.4 is 11.1 Å². The molecule has 0 radical (unpaired) electrons. The number of alkyl halides is 1. The van der Waals surface area contributed by atoms with Gasteiger partial charge in [0, 0.05) is 19.1 Å². The van der Waals surface area contributed by atoms with Crippen LogP contribution in [0.3, 0.4) is 0 Å². The molecule has 8 heavy (non-hydrogen) atoms. The van der Waals surface area contributed by atoms with Gasteiger partial charge in [-0.2, -0.15) is 0 Å². The molecule has 1 saturated heterocycles. The molecule has 1 heterocycles. The second-order valence-corrected chi connectivity index (χ2v) is 2.25. The van der Waals surface area contributed by atoms with E-state index in [1.165, 1.54) is 0 Å². The molecule has 0 saturated carbocycles. The summed E-state index contributed by atoms with van der Waals surface area (Å²) in [6.45, 7) is 1.24. The van der Waals surface area contributed by atoms with Gasteiger partial charge in [0.05, 0.1) is 0 Å². The lowest BCUT2D eigenvalue weighted by Crippen LogP contribution is -2.44. The molecular weight excluding hydrogens is 107 g/mol. The number of nitrogens with two attached hydrogens (primary N) is 1. The molecule has 0 aromatic rings. The summed E-state index contributed by atoms with van der Waals surface area (Å²) in [6.07, 6.45) is -0.203. The standard InChI is InChI=1S/C5H11FN2/c6-4-1-5(7)3-8-2-4/h4-5,8H,1-3,7H2/t4-,5+/m0/s1. The predicted molar refractivity (Wildman–Crippen MR) is 30.4 cm³/mol. The highest BCUT2D eigenvalue weighted by molar-refractivity contribution is 4.77. The van der Waals surface area contributed by atoms with Crippen LogP contribution in [0.4, 0.5) is 4.39 Å². The Kier molecular flexibility index (Phi) is 1.81. The van der Waals surface area contributed by atoms with E-state index in [1.807, 2.05) is 0 Å². The maximum Gasteiger partial charge on any atom is 0.114 e. The molecule has 0 unspecified atom stereocenters. The predicted octanol–water partition coefficient (Wildman–Crippen LogP) is -0.355. The minimum Gasteiger partial charge on any atom is -0.326 e. The van der Waals surface area contributed by atoms with Crippen molar-refractivity contribution in [3.05, 3.63) is 0 Å². The van der Waals surface area contributed by atoms with Gasteiger partial charge in [-0.05, 0) is 6.42 Å². The van der Waals surface area contributed by atoms with Gasteiger partial charge in [0.2, 0.25) is 0 Å². The van der Waals surface area contributed by atoms with Gasteiger partial charge in [-0.15, -0.1) is 0 Å². The number of hydrogen-bond donors (Lipinski definition) is 2. The van der Waals surface area contributed by atoms with Crippen LogP contribution in [-0.4, -0.2) is 25.3 Å². The van der Waals surface area contributed by atoms with Crippen LogP contribution in [0.2, 0.25) is 0 Å². The van der Waals surface area contributed by atoms with Crippen LogP contribution in [0.15, 0.2) is 0 Å². The highest BCUT2D eigenvalue weighted by atomic mass is 19.1. The Morgan fingerprint density at radius 2 is 2.25 bits per heavy atom. The Labute approximate surface area is 48.2 Å². The van der Waals surface area contributed by atoms with Crippen molar-refractivity contribution in [2.45, 2.75) is 18.6 Å². The normalized spacial score (nSPS) is 39.8. The Bertz CT molecular complexity index is 68.8. The quantitative estimate of drug-likeness (QED) is 0.456. The second-order valence-electron chi connectivity index (χ2n) is 2.25. The monoisotopic (exact) mass is 118 g/mol. The van der Waals surface area contributed by atoms with E-state index in [0.717, 1.165) is 6.54 Å². The van der Waals surface area contributed by atoms with Crippen molar-refractivity contribution in [1.29, 1.82) is 0 Å². The van der Waals surface area contributed by atoms with Crippen molar-refractivity contribution in [2.75, 3.05) is 13.1 Å². The Hall–Kier alpha value is -0.150. The van der Waals surface area contributed by atoms with E-state index >= 15 is 0 Å². The van der Waals surface area contributed by atoms with Gasteiger partial charge in [0.25, 0.3) is 0 Å². The number of nitrogens with one attached hydrogen (secondary N) is 1. The first-order valence-electron chi connectivity index (χ1n) is 2.89. The summed E-state index contributed by atoms with van der Waals surface area (Å²) in [5, 5.41) is 2.88. The lowest BCUT2D eigenvalue weighted by Gasteiger charge is -2.21. The van der Waals surface area contributed by atoms with Crippen molar-refractivity contribution in [3.63, 3.8) is 0 Å². The van der Waals surface area contributed by atoms with Crippen molar-refractivity contribution < 1.29 is 4.39 Å². The molecule has 1 aliphatic heterocycles. The number of hydrogen-bond acceptors (Lipinski definition) is 2. The second kappa shape index (κ2) is 2.42. The molecule has 0 bridgehead atoms. The van der Waals surface area contributed by atoms with Crippen LogP contribution in [0, 0.1) is 0 Å². The van der Waals surface area contributed by atoms with Crippen LogP contribution >= 0.6 is 0 Å². The van der Waals surface area contributed by atoms with Gasteiger partial charge in [-0.25, -0.2) is 4.39 Å². The van der Waals surface area contributed by atoms with Gasteiger partial charge in [-0.1, -0.05) is 0 Å².